The summed E-state index contributed by atoms with van der Waals surface area (Å²) in [4.78, 5) is 11.0. The van der Waals surface area contributed by atoms with Crippen molar-refractivity contribution < 1.29 is 9.90 Å². The first-order chi connectivity index (χ1) is 7.94. The number of carboxylic acids is 1. The number of fused-ring (bicyclic) bond motifs is 1. The van der Waals surface area contributed by atoms with Crippen molar-refractivity contribution in [3.8, 4) is 0 Å². The lowest BCUT2D eigenvalue weighted by atomic mass is 9.79. The third kappa shape index (κ3) is 2.08. The second kappa shape index (κ2) is 4.17. The molecule has 2 rings (SSSR count). The van der Waals surface area contributed by atoms with E-state index in [1.807, 2.05) is 6.08 Å². The van der Waals surface area contributed by atoms with Crippen LogP contribution < -0.4 is 0 Å². The molecule has 0 saturated carbocycles. The summed E-state index contributed by atoms with van der Waals surface area (Å²) in [5.74, 6) is -0.758. The van der Waals surface area contributed by atoms with Crippen LogP contribution in [0.3, 0.4) is 0 Å². The van der Waals surface area contributed by atoms with Gasteiger partial charge in [-0.25, -0.2) is 4.79 Å². The van der Waals surface area contributed by atoms with Crippen LogP contribution in [0.1, 0.15) is 46.0 Å². The summed E-state index contributed by atoms with van der Waals surface area (Å²) >= 11 is 0. The van der Waals surface area contributed by atoms with Crippen LogP contribution in [0.2, 0.25) is 0 Å². The van der Waals surface area contributed by atoms with Gasteiger partial charge in [0.2, 0.25) is 0 Å². The van der Waals surface area contributed by atoms with E-state index in [1.54, 1.807) is 0 Å². The number of rotatable bonds is 2. The number of carbonyl (C=O) groups is 1. The first-order valence-electron chi connectivity index (χ1n) is 6.25. The van der Waals surface area contributed by atoms with Gasteiger partial charge in [-0.1, -0.05) is 30.7 Å². The highest BCUT2D eigenvalue weighted by molar-refractivity contribution is 5.86. The zero-order valence-electron chi connectivity index (χ0n) is 10.7. The van der Waals surface area contributed by atoms with Crippen molar-refractivity contribution in [1.82, 2.24) is 0 Å². The third-order valence-electron chi connectivity index (χ3n) is 4.25. The van der Waals surface area contributed by atoms with Crippen molar-refractivity contribution in [3.63, 3.8) is 0 Å². The molecule has 1 unspecified atom stereocenters. The summed E-state index contributed by atoms with van der Waals surface area (Å²) in [7, 11) is 0. The average Bonchev–Trinajstić information content (AvgIpc) is 2.47. The number of allylic oxidation sites excluding steroid dienone is 4. The molecule has 0 aromatic carbocycles. The normalized spacial score (nSPS) is 28.5. The first-order valence-corrected chi connectivity index (χ1v) is 6.25. The Balaban J connectivity index is 2.35. The molecule has 1 atom stereocenters. The van der Waals surface area contributed by atoms with Crippen molar-refractivity contribution in [1.29, 1.82) is 0 Å². The monoisotopic (exact) mass is 232 g/mol. The Labute approximate surface area is 103 Å². The van der Waals surface area contributed by atoms with E-state index < -0.39 is 5.97 Å². The molecule has 0 bridgehead atoms. The van der Waals surface area contributed by atoms with Crippen molar-refractivity contribution in [3.05, 3.63) is 34.9 Å². The third-order valence-corrected chi connectivity index (χ3v) is 4.25. The van der Waals surface area contributed by atoms with Gasteiger partial charge in [0.25, 0.3) is 0 Å². The molecule has 0 spiro atoms. The predicted molar refractivity (Wildman–Crippen MR) is 68.8 cm³/mol. The van der Waals surface area contributed by atoms with Gasteiger partial charge in [-0.2, -0.15) is 0 Å². The molecule has 17 heavy (non-hydrogen) atoms. The summed E-state index contributed by atoms with van der Waals surface area (Å²) < 4.78 is 0. The highest BCUT2D eigenvalue weighted by atomic mass is 16.4. The minimum atomic E-state index is -0.758. The van der Waals surface area contributed by atoms with E-state index in [-0.39, 0.29) is 5.41 Å². The molecule has 2 heteroatoms. The molecule has 92 valence electrons. The van der Waals surface area contributed by atoms with E-state index in [1.165, 1.54) is 11.1 Å². The number of hydrogen-bond acceptors (Lipinski definition) is 1. The van der Waals surface area contributed by atoms with Crippen molar-refractivity contribution in [2.75, 3.05) is 0 Å². The van der Waals surface area contributed by atoms with Gasteiger partial charge in [0, 0.05) is 5.57 Å². The van der Waals surface area contributed by atoms with Gasteiger partial charge in [0.1, 0.15) is 0 Å². The van der Waals surface area contributed by atoms with E-state index in [0.717, 1.165) is 31.3 Å². The van der Waals surface area contributed by atoms with E-state index in [2.05, 4.69) is 20.4 Å². The lowest BCUT2D eigenvalue weighted by Crippen LogP contribution is -2.13. The molecular weight excluding hydrogens is 212 g/mol. The predicted octanol–water partition coefficient (Wildman–Crippen LogP) is 3.85. The summed E-state index contributed by atoms with van der Waals surface area (Å²) in [6.07, 6.45) is 6.58. The standard InChI is InChI=1S/C15H20O2/c1-10(2)12-7-9-15(3)8-6-11(14(16)17)4-5-13(12)15/h6H,1,4-5,7-9H2,2-3H3,(H,16,17). The highest BCUT2D eigenvalue weighted by Gasteiger charge is 2.37. The maximum atomic E-state index is 11.0. The molecule has 1 N–H and O–H groups in total. The van der Waals surface area contributed by atoms with Crippen molar-refractivity contribution in [2.45, 2.75) is 46.0 Å². The van der Waals surface area contributed by atoms with E-state index in [4.69, 9.17) is 5.11 Å². The Bertz CT molecular complexity index is 440. The van der Waals surface area contributed by atoms with Gasteiger partial charge >= 0.3 is 5.97 Å². The summed E-state index contributed by atoms with van der Waals surface area (Å²) in [5, 5.41) is 9.08. The van der Waals surface area contributed by atoms with E-state index in [9.17, 15) is 4.79 Å². The van der Waals surface area contributed by atoms with Crippen molar-refractivity contribution >= 4 is 5.97 Å². The van der Waals surface area contributed by atoms with Gasteiger partial charge in [0.15, 0.2) is 0 Å². The zero-order valence-corrected chi connectivity index (χ0v) is 10.7. The molecule has 0 radical (unpaired) electrons. The Morgan fingerprint density at radius 3 is 2.71 bits per heavy atom. The maximum absolute atomic E-state index is 11.0. The lowest BCUT2D eigenvalue weighted by molar-refractivity contribution is -0.132. The van der Waals surface area contributed by atoms with Gasteiger partial charge in [0.05, 0.1) is 0 Å². The van der Waals surface area contributed by atoms with E-state index >= 15 is 0 Å². The molecule has 0 amide bonds. The Morgan fingerprint density at radius 1 is 1.41 bits per heavy atom. The largest absolute Gasteiger partial charge is 0.478 e. The van der Waals surface area contributed by atoms with Crippen LogP contribution in [0, 0.1) is 5.41 Å². The summed E-state index contributed by atoms with van der Waals surface area (Å²) in [5.41, 5.74) is 4.76. The molecule has 2 nitrogen and oxygen atoms in total. The average molecular weight is 232 g/mol. The minimum Gasteiger partial charge on any atom is -0.478 e. The van der Waals surface area contributed by atoms with Gasteiger partial charge in [-0.3, -0.25) is 0 Å². The van der Waals surface area contributed by atoms with Crippen LogP contribution in [0.25, 0.3) is 0 Å². The molecule has 2 aliphatic rings. The molecule has 0 saturated heterocycles. The Morgan fingerprint density at radius 2 is 2.12 bits per heavy atom. The second-order valence-electron chi connectivity index (χ2n) is 5.54. The molecule has 0 fully saturated rings. The SMILES string of the molecule is C=C(C)C1=C2CCC(C(=O)O)=CCC2(C)CC1. The van der Waals surface area contributed by atoms with E-state index in [0.29, 0.717) is 12.0 Å². The van der Waals surface area contributed by atoms with Gasteiger partial charge in [-0.15, -0.1) is 0 Å². The van der Waals surface area contributed by atoms with Gasteiger partial charge < -0.3 is 5.11 Å². The lowest BCUT2D eigenvalue weighted by Gasteiger charge is -2.25. The molecule has 2 aliphatic carbocycles. The van der Waals surface area contributed by atoms with Gasteiger partial charge in [-0.05, 0) is 50.0 Å². The fourth-order valence-electron chi connectivity index (χ4n) is 3.12. The number of carboxylic acid groups (broad SMARTS) is 1. The van der Waals surface area contributed by atoms with Crippen LogP contribution in [0.15, 0.2) is 34.9 Å². The maximum Gasteiger partial charge on any atom is 0.331 e. The van der Waals surface area contributed by atoms with Crippen LogP contribution >= 0.6 is 0 Å². The Hall–Kier alpha value is -1.31. The first kappa shape index (κ1) is 12.2. The van der Waals surface area contributed by atoms with Crippen LogP contribution in [-0.4, -0.2) is 11.1 Å². The fourth-order valence-corrected chi connectivity index (χ4v) is 3.12. The summed E-state index contributed by atoms with van der Waals surface area (Å²) in [6, 6.07) is 0. The molecular formula is C15H20O2. The van der Waals surface area contributed by atoms with Crippen LogP contribution in [-0.2, 0) is 4.79 Å². The topological polar surface area (TPSA) is 37.3 Å². The number of hydrogen-bond donors (Lipinski definition) is 1. The minimum absolute atomic E-state index is 0.172. The molecule has 0 heterocycles. The van der Waals surface area contributed by atoms with Crippen LogP contribution in [0.5, 0.6) is 0 Å². The molecule has 0 aromatic rings. The van der Waals surface area contributed by atoms with Crippen LogP contribution in [0.4, 0.5) is 0 Å². The molecule has 0 aromatic heterocycles. The Kier molecular flexibility index (Phi) is 2.98. The second-order valence-corrected chi connectivity index (χ2v) is 5.54. The number of aliphatic carboxylic acids is 1. The molecule has 0 aliphatic heterocycles. The zero-order chi connectivity index (χ0) is 12.6. The quantitative estimate of drug-likeness (QED) is 0.785. The summed E-state index contributed by atoms with van der Waals surface area (Å²) in [6.45, 7) is 8.38. The highest BCUT2D eigenvalue weighted by Crippen LogP contribution is 2.51. The fraction of sp³-hybridized carbons (Fsp3) is 0.533. The van der Waals surface area contributed by atoms with Crippen molar-refractivity contribution in [2.24, 2.45) is 5.41 Å². The smallest absolute Gasteiger partial charge is 0.331 e.